The Morgan fingerprint density at radius 3 is 2.00 bits per heavy atom. The summed E-state index contributed by atoms with van der Waals surface area (Å²) in [4.78, 5) is 10.2. The maximum absolute atomic E-state index is 10.2. The molecule has 20 heavy (non-hydrogen) atoms. The number of carbonyl (C=O) groups is 1. The Morgan fingerprint density at radius 1 is 1.05 bits per heavy atom. The Hall–Kier alpha value is -1.36. The van der Waals surface area contributed by atoms with Gasteiger partial charge in [0.25, 0.3) is 0 Å². The van der Waals surface area contributed by atoms with Crippen LogP contribution in [0, 0.1) is 9.49 Å². The predicted molar refractivity (Wildman–Crippen MR) is 91.1 cm³/mol. The van der Waals surface area contributed by atoms with Gasteiger partial charge in [-0.15, -0.1) is 0 Å². The first-order valence-corrected chi connectivity index (χ1v) is 7.59. The van der Waals surface area contributed by atoms with Crippen LogP contribution in [0.3, 0.4) is 0 Å². The molecule has 0 spiro atoms. The van der Waals surface area contributed by atoms with Crippen molar-refractivity contribution in [2.45, 2.75) is 20.3 Å². The summed E-state index contributed by atoms with van der Waals surface area (Å²) in [6, 6.07) is 17.0. The van der Waals surface area contributed by atoms with Crippen LogP contribution in [0.4, 0.5) is 0 Å². The first kappa shape index (κ1) is 16.7. The van der Waals surface area contributed by atoms with Crippen molar-refractivity contribution in [3.05, 3.63) is 69.3 Å². The van der Waals surface area contributed by atoms with Crippen LogP contribution in [0.2, 0.25) is 0 Å². The summed E-state index contributed by atoms with van der Waals surface area (Å²) >= 11 is 2.33. The normalized spacial score (nSPS) is 9.80. The van der Waals surface area contributed by atoms with Crippen LogP contribution in [0.5, 0.6) is 0 Å². The molecule has 0 unspecified atom stereocenters. The molecule has 2 rings (SSSR count). The molecule has 0 bridgehead atoms. The molecule has 0 aromatic heterocycles. The molecule has 0 amide bonds. The summed E-state index contributed by atoms with van der Waals surface area (Å²) in [5, 5.41) is 8.38. The maximum Gasteiger partial charge on any atom is 0.335 e. The van der Waals surface area contributed by atoms with E-state index in [-0.39, 0.29) is 0 Å². The Bertz CT molecular complexity index is 518. The number of halogens is 1. The molecule has 3 heteroatoms. The molecule has 0 fully saturated rings. The van der Waals surface area contributed by atoms with Gasteiger partial charge < -0.3 is 5.11 Å². The molecule has 2 aromatic carbocycles. The highest BCUT2D eigenvalue weighted by molar-refractivity contribution is 14.1. The fourth-order valence-electron chi connectivity index (χ4n) is 1.67. The molecule has 0 atom stereocenters. The zero-order valence-corrected chi connectivity index (χ0v) is 13.9. The average molecular weight is 382 g/mol. The summed E-state index contributed by atoms with van der Waals surface area (Å²) in [6.45, 7) is 4.50. The van der Waals surface area contributed by atoms with Gasteiger partial charge in [0.2, 0.25) is 0 Å². The minimum Gasteiger partial charge on any atom is -0.478 e. The monoisotopic (exact) mass is 382 g/mol. The summed E-state index contributed by atoms with van der Waals surface area (Å²) in [7, 11) is 0. The SMILES string of the molecule is CC(C)Cc1ccc(I)cc1.O=C(O)c1ccccc1. The summed E-state index contributed by atoms with van der Waals surface area (Å²) < 4.78 is 1.31. The van der Waals surface area contributed by atoms with E-state index in [4.69, 9.17) is 5.11 Å². The molecular formula is C17H19IO2. The van der Waals surface area contributed by atoms with E-state index in [2.05, 4.69) is 60.7 Å². The van der Waals surface area contributed by atoms with Crippen molar-refractivity contribution in [1.29, 1.82) is 0 Å². The number of carboxylic acids is 1. The quantitative estimate of drug-likeness (QED) is 0.769. The Labute approximate surface area is 134 Å². The molecule has 2 nitrogen and oxygen atoms in total. The zero-order valence-electron chi connectivity index (χ0n) is 11.7. The second-order valence-electron chi connectivity index (χ2n) is 4.90. The van der Waals surface area contributed by atoms with E-state index in [1.54, 1.807) is 30.3 Å². The van der Waals surface area contributed by atoms with Crippen molar-refractivity contribution in [3.63, 3.8) is 0 Å². The molecular weight excluding hydrogens is 363 g/mol. The summed E-state index contributed by atoms with van der Waals surface area (Å²) in [5.41, 5.74) is 1.78. The smallest absolute Gasteiger partial charge is 0.335 e. The minimum atomic E-state index is -0.879. The highest BCUT2D eigenvalue weighted by atomic mass is 127. The molecule has 0 aliphatic rings. The van der Waals surface area contributed by atoms with Crippen molar-refractivity contribution in [2.75, 3.05) is 0 Å². The van der Waals surface area contributed by atoms with E-state index in [0.29, 0.717) is 5.56 Å². The second kappa shape index (κ2) is 8.74. The van der Waals surface area contributed by atoms with Gasteiger partial charge in [0.1, 0.15) is 0 Å². The van der Waals surface area contributed by atoms with E-state index in [1.807, 2.05) is 0 Å². The molecule has 106 valence electrons. The third-order valence-electron chi connectivity index (χ3n) is 2.58. The van der Waals surface area contributed by atoms with E-state index in [1.165, 1.54) is 15.6 Å². The highest BCUT2D eigenvalue weighted by Crippen LogP contribution is 2.10. The van der Waals surface area contributed by atoms with Gasteiger partial charge in [-0.25, -0.2) is 4.79 Å². The standard InChI is InChI=1S/C10H13I.C7H6O2/c1-8(2)7-9-3-5-10(11)6-4-9;8-7(9)6-4-2-1-3-5-6/h3-6,8H,7H2,1-2H3;1-5H,(H,8,9). The number of aromatic carboxylic acids is 1. The molecule has 0 saturated carbocycles. The first-order chi connectivity index (χ1) is 9.49. The molecule has 0 heterocycles. The Morgan fingerprint density at radius 2 is 1.60 bits per heavy atom. The largest absolute Gasteiger partial charge is 0.478 e. The van der Waals surface area contributed by atoms with Gasteiger partial charge >= 0.3 is 5.97 Å². The van der Waals surface area contributed by atoms with Gasteiger partial charge in [0.05, 0.1) is 5.56 Å². The summed E-state index contributed by atoms with van der Waals surface area (Å²) in [6.07, 6.45) is 1.19. The van der Waals surface area contributed by atoms with Gasteiger partial charge in [-0.3, -0.25) is 0 Å². The van der Waals surface area contributed by atoms with Crippen LogP contribution in [-0.2, 0) is 6.42 Å². The molecule has 1 N–H and O–H groups in total. The molecule has 0 aliphatic heterocycles. The van der Waals surface area contributed by atoms with E-state index < -0.39 is 5.97 Å². The van der Waals surface area contributed by atoms with E-state index in [0.717, 1.165) is 5.92 Å². The molecule has 2 aromatic rings. The fourth-order valence-corrected chi connectivity index (χ4v) is 2.03. The van der Waals surface area contributed by atoms with Crippen LogP contribution < -0.4 is 0 Å². The molecule has 0 radical (unpaired) electrons. The van der Waals surface area contributed by atoms with Crippen LogP contribution >= 0.6 is 22.6 Å². The van der Waals surface area contributed by atoms with Crippen molar-refractivity contribution in [1.82, 2.24) is 0 Å². The van der Waals surface area contributed by atoms with Crippen molar-refractivity contribution < 1.29 is 9.90 Å². The van der Waals surface area contributed by atoms with E-state index >= 15 is 0 Å². The van der Waals surface area contributed by atoms with Crippen LogP contribution in [-0.4, -0.2) is 11.1 Å². The first-order valence-electron chi connectivity index (χ1n) is 6.52. The van der Waals surface area contributed by atoms with Crippen molar-refractivity contribution in [2.24, 2.45) is 5.92 Å². The lowest BCUT2D eigenvalue weighted by Gasteiger charge is -2.03. The summed E-state index contributed by atoms with van der Waals surface area (Å²) in [5.74, 6) is -0.120. The van der Waals surface area contributed by atoms with Gasteiger partial charge in [-0.1, -0.05) is 44.2 Å². The Kier molecular flexibility index (Phi) is 7.30. The number of rotatable bonds is 3. The van der Waals surface area contributed by atoms with Crippen LogP contribution in [0.1, 0.15) is 29.8 Å². The molecule has 0 aliphatic carbocycles. The number of benzene rings is 2. The number of carboxylic acid groups (broad SMARTS) is 1. The lowest BCUT2D eigenvalue weighted by Crippen LogP contribution is -1.93. The van der Waals surface area contributed by atoms with Crippen LogP contribution in [0.15, 0.2) is 54.6 Å². The fraction of sp³-hybridized carbons (Fsp3) is 0.235. The van der Waals surface area contributed by atoms with E-state index in [9.17, 15) is 4.79 Å². The van der Waals surface area contributed by atoms with Crippen molar-refractivity contribution in [3.8, 4) is 0 Å². The third-order valence-corrected chi connectivity index (χ3v) is 3.30. The maximum atomic E-state index is 10.2. The third kappa shape index (κ3) is 6.70. The lowest BCUT2D eigenvalue weighted by molar-refractivity contribution is 0.0697. The van der Waals surface area contributed by atoms with Crippen molar-refractivity contribution >= 4 is 28.6 Å². The van der Waals surface area contributed by atoms with Gasteiger partial charge in [-0.05, 0) is 64.8 Å². The highest BCUT2D eigenvalue weighted by Gasteiger charge is 1.97. The zero-order chi connectivity index (χ0) is 15.0. The number of hydrogen-bond acceptors (Lipinski definition) is 1. The van der Waals surface area contributed by atoms with Gasteiger partial charge in [0.15, 0.2) is 0 Å². The topological polar surface area (TPSA) is 37.3 Å². The minimum absolute atomic E-state index is 0.331. The van der Waals surface area contributed by atoms with Gasteiger partial charge in [0, 0.05) is 3.57 Å². The second-order valence-corrected chi connectivity index (χ2v) is 6.14. The molecule has 0 saturated heterocycles. The number of hydrogen-bond donors (Lipinski definition) is 1. The lowest BCUT2D eigenvalue weighted by atomic mass is 10.0. The average Bonchev–Trinajstić information content (AvgIpc) is 2.43. The Balaban J connectivity index is 0.000000204. The predicted octanol–water partition coefficient (Wildman–Crippen LogP) is 4.87. The van der Waals surface area contributed by atoms with Crippen LogP contribution in [0.25, 0.3) is 0 Å². The van der Waals surface area contributed by atoms with Gasteiger partial charge in [-0.2, -0.15) is 0 Å².